The molecule has 6 rings (SSSR count). The molecule has 1 N–H and O–H groups in total. The molecule has 3 amide bonds. The zero-order chi connectivity index (χ0) is 27.1. The van der Waals surface area contributed by atoms with E-state index in [0.717, 1.165) is 58.0 Å². The van der Waals surface area contributed by atoms with Gasteiger partial charge >= 0.3 is 6.03 Å². The van der Waals surface area contributed by atoms with Crippen molar-refractivity contribution in [2.24, 2.45) is 0 Å². The number of benzene rings is 3. The fraction of sp³-hybridized carbons (Fsp3) is 0.250. The smallest absolute Gasteiger partial charge is 0.322 e. The number of fused-ring (bicyclic) bond motifs is 3. The maximum Gasteiger partial charge on any atom is 0.322 e. The number of amides is 3. The molecule has 39 heavy (non-hydrogen) atoms. The van der Waals surface area contributed by atoms with E-state index < -0.39 is 0 Å². The molecule has 1 fully saturated rings. The number of hydrogen-bond donors (Lipinski definition) is 1. The first-order chi connectivity index (χ1) is 19.0. The van der Waals surface area contributed by atoms with Crippen LogP contribution in [0.25, 0.3) is 5.69 Å². The number of hydrogen-bond acceptors (Lipinski definition) is 3. The number of methoxy groups -OCH3 is 1. The van der Waals surface area contributed by atoms with E-state index in [1.807, 2.05) is 97.7 Å². The van der Waals surface area contributed by atoms with Gasteiger partial charge in [-0.05, 0) is 79.8 Å². The van der Waals surface area contributed by atoms with Gasteiger partial charge in [0.1, 0.15) is 18.3 Å². The largest absolute Gasteiger partial charge is 0.497 e. The highest BCUT2D eigenvalue weighted by Gasteiger charge is 2.40. The lowest BCUT2D eigenvalue weighted by atomic mass is 9.97. The monoisotopic (exact) mass is 520 g/mol. The van der Waals surface area contributed by atoms with E-state index in [9.17, 15) is 9.59 Å². The number of urea groups is 1. The lowest BCUT2D eigenvalue weighted by molar-refractivity contribution is -0.119. The minimum atomic E-state index is -0.351. The molecule has 1 aliphatic carbocycles. The van der Waals surface area contributed by atoms with Crippen molar-refractivity contribution in [3.8, 4) is 11.4 Å². The van der Waals surface area contributed by atoms with Gasteiger partial charge in [-0.1, -0.05) is 42.5 Å². The number of aromatic nitrogens is 1. The minimum Gasteiger partial charge on any atom is -0.497 e. The third-order valence-electron chi connectivity index (χ3n) is 7.69. The number of ether oxygens (including phenoxy) is 1. The van der Waals surface area contributed by atoms with Crippen LogP contribution in [0.15, 0.2) is 85.1 Å². The van der Waals surface area contributed by atoms with Crippen LogP contribution in [0.1, 0.15) is 41.3 Å². The molecule has 1 aliphatic heterocycles. The average molecular weight is 521 g/mol. The van der Waals surface area contributed by atoms with E-state index in [-0.39, 0.29) is 30.6 Å². The Bertz CT molecular complexity index is 1520. The Morgan fingerprint density at radius 3 is 2.26 bits per heavy atom. The fourth-order valence-corrected chi connectivity index (χ4v) is 5.53. The Hall–Kier alpha value is -4.52. The summed E-state index contributed by atoms with van der Waals surface area (Å²) in [5.74, 6) is 0.630. The van der Waals surface area contributed by atoms with Gasteiger partial charge in [-0.25, -0.2) is 4.79 Å². The van der Waals surface area contributed by atoms with E-state index in [0.29, 0.717) is 0 Å². The maximum absolute atomic E-state index is 14.3. The second kappa shape index (κ2) is 9.98. The van der Waals surface area contributed by atoms with Gasteiger partial charge in [0.2, 0.25) is 5.91 Å². The molecule has 4 aromatic rings. The average Bonchev–Trinajstić information content (AvgIpc) is 3.67. The molecule has 0 radical (unpaired) electrons. The molecular weight excluding hydrogens is 488 g/mol. The number of aryl methyl sites for hydroxylation is 2. The molecule has 1 atom stereocenters. The van der Waals surface area contributed by atoms with Gasteiger partial charge in [-0.3, -0.25) is 9.69 Å². The van der Waals surface area contributed by atoms with Crippen LogP contribution in [0, 0.1) is 13.8 Å². The summed E-state index contributed by atoms with van der Waals surface area (Å²) in [6.45, 7) is 3.95. The number of carbonyl (C=O) groups excluding carboxylic acids is 2. The number of carbonyl (C=O) groups is 2. The van der Waals surface area contributed by atoms with Crippen LogP contribution in [0.4, 0.5) is 16.2 Å². The van der Waals surface area contributed by atoms with E-state index in [1.165, 1.54) is 0 Å². The number of anilines is 2. The normalized spacial score (nSPS) is 15.8. The minimum absolute atomic E-state index is 0.0108. The first-order valence-corrected chi connectivity index (χ1v) is 13.3. The molecule has 198 valence electrons. The Labute approximate surface area is 228 Å². The highest BCUT2D eigenvalue weighted by atomic mass is 16.5. The summed E-state index contributed by atoms with van der Waals surface area (Å²) in [5.41, 5.74) is 6.51. The van der Waals surface area contributed by atoms with Gasteiger partial charge in [0.05, 0.1) is 24.2 Å². The van der Waals surface area contributed by atoms with Crippen LogP contribution in [0.5, 0.6) is 5.75 Å². The van der Waals surface area contributed by atoms with E-state index in [4.69, 9.17) is 4.74 Å². The molecular formula is C32H32N4O3. The van der Waals surface area contributed by atoms with Crippen LogP contribution in [-0.2, 0) is 4.79 Å². The van der Waals surface area contributed by atoms with Gasteiger partial charge in [0.15, 0.2) is 0 Å². The van der Waals surface area contributed by atoms with E-state index >= 15 is 0 Å². The molecule has 2 heterocycles. The van der Waals surface area contributed by atoms with Crippen molar-refractivity contribution in [3.63, 3.8) is 0 Å². The fourth-order valence-electron chi connectivity index (χ4n) is 5.53. The highest BCUT2D eigenvalue weighted by Crippen LogP contribution is 2.43. The number of nitrogens with zero attached hydrogens (tertiary/aromatic N) is 3. The molecule has 1 aromatic heterocycles. The molecule has 0 bridgehead atoms. The Morgan fingerprint density at radius 1 is 0.897 bits per heavy atom. The number of rotatable bonds is 6. The molecule has 0 spiro atoms. The van der Waals surface area contributed by atoms with Crippen molar-refractivity contribution in [3.05, 3.63) is 107 Å². The van der Waals surface area contributed by atoms with Gasteiger partial charge in [0.25, 0.3) is 0 Å². The standard InChI is InChI=1S/C32H32N4O3/c1-21-8-6-9-22(2)30(21)33-32(38)35(24-15-16-24)20-29(37)36-27-11-5-4-10-26(27)34-19-7-12-28(34)31(36)23-13-17-25(39-3)18-14-23/h4-14,17-19,24,31H,15-16,20H2,1-3H3,(H,33,38). The summed E-state index contributed by atoms with van der Waals surface area (Å²) in [5, 5.41) is 3.09. The molecule has 2 aliphatic rings. The third-order valence-corrected chi connectivity index (χ3v) is 7.69. The number of nitrogens with one attached hydrogen (secondary N) is 1. The van der Waals surface area contributed by atoms with Crippen LogP contribution in [0.3, 0.4) is 0 Å². The van der Waals surface area contributed by atoms with Crippen molar-refractivity contribution in [1.29, 1.82) is 0 Å². The predicted octanol–water partition coefficient (Wildman–Crippen LogP) is 6.24. The summed E-state index contributed by atoms with van der Waals surface area (Å²) in [7, 11) is 1.64. The Kier molecular flexibility index (Phi) is 6.35. The van der Waals surface area contributed by atoms with Crippen molar-refractivity contribution in [2.75, 3.05) is 23.9 Å². The van der Waals surface area contributed by atoms with Crippen molar-refractivity contribution < 1.29 is 14.3 Å². The topological polar surface area (TPSA) is 66.8 Å². The van der Waals surface area contributed by atoms with Crippen molar-refractivity contribution in [1.82, 2.24) is 9.47 Å². The maximum atomic E-state index is 14.3. The van der Waals surface area contributed by atoms with Gasteiger partial charge in [-0.2, -0.15) is 0 Å². The number of para-hydroxylation sites is 3. The highest BCUT2D eigenvalue weighted by molar-refractivity contribution is 6.02. The quantitative estimate of drug-likeness (QED) is 0.328. The van der Waals surface area contributed by atoms with E-state index in [1.54, 1.807) is 12.0 Å². The first kappa shape index (κ1) is 24.8. The third kappa shape index (κ3) is 4.54. The lowest BCUT2D eigenvalue weighted by Crippen LogP contribution is -2.48. The Morgan fingerprint density at radius 2 is 1.59 bits per heavy atom. The van der Waals surface area contributed by atoms with Gasteiger partial charge in [0, 0.05) is 17.9 Å². The summed E-state index contributed by atoms with van der Waals surface area (Å²) in [6, 6.07) is 25.2. The molecule has 7 nitrogen and oxygen atoms in total. The summed E-state index contributed by atoms with van der Waals surface area (Å²) < 4.78 is 7.52. The SMILES string of the molecule is COc1ccc(C2c3cccn3-c3ccccc3N2C(=O)CN(C(=O)Nc2c(C)cccc2C)C2CC2)cc1. The van der Waals surface area contributed by atoms with Gasteiger partial charge < -0.3 is 19.5 Å². The van der Waals surface area contributed by atoms with Crippen LogP contribution >= 0.6 is 0 Å². The summed E-state index contributed by atoms with van der Waals surface area (Å²) in [4.78, 5) is 31.4. The van der Waals surface area contributed by atoms with Crippen LogP contribution < -0.4 is 15.0 Å². The summed E-state index contributed by atoms with van der Waals surface area (Å²) in [6.07, 6.45) is 3.82. The predicted molar refractivity (Wildman–Crippen MR) is 153 cm³/mol. The second-order valence-corrected chi connectivity index (χ2v) is 10.3. The molecule has 7 heteroatoms. The molecule has 3 aromatic carbocycles. The molecule has 1 unspecified atom stereocenters. The van der Waals surface area contributed by atoms with Crippen molar-refractivity contribution >= 4 is 23.3 Å². The zero-order valence-electron chi connectivity index (χ0n) is 22.4. The van der Waals surface area contributed by atoms with Crippen LogP contribution in [0.2, 0.25) is 0 Å². The molecule has 1 saturated carbocycles. The van der Waals surface area contributed by atoms with E-state index in [2.05, 4.69) is 16.0 Å². The first-order valence-electron chi connectivity index (χ1n) is 13.3. The lowest BCUT2D eigenvalue weighted by Gasteiger charge is -2.39. The van der Waals surface area contributed by atoms with Crippen LogP contribution in [-0.4, -0.2) is 41.1 Å². The summed E-state index contributed by atoms with van der Waals surface area (Å²) >= 11 is 0. The van der Waals surface area contributed by atoms with Crippen molar-refractivity contribution in [2.45, 2.75) is 38.8 Å². The molecule has 0 saturated heterocycles. The van der Waals surface area contributed by atoms with Gasteiger partial charge in [-0.15, -0.1) is 0 Å². The Balaban J connectivity index is 1.36. The zero-order valence-corrected chi connectivity index (χ0v) is 22.4. The second-order valence-electron chi connectivity index (χ2n) is 10.3.